The third-order valence-corrected chi connectivity index (χ3v) is 4.29. The summed E-state index contributed by atoms with van der Waals surface area (Å²) < 4.78 is 5.85. The fraction of sp³-hybridized carbons (Fsp3) is 0.600. The smallest absolute Gasteiger partial charge is 0.253 e. The van der Waals surface area contributed by atoms with Crippen LogP contribution in [-0.4, -0.2) is 61.2 Å². The molecule has 2 atom stereocenters. The molecule has 0 aliphatic carbocycles. The Morgan fingerprint density at radius 3 is 3.33 bits per heavy atom. The number of rotatable bonds is 4. The van der Waals surface area contributed by atoms with E-state index in [4.69, 9.17) is 4.74 Å². The SMILES string of the molecule is CNc1cnccc1C(=O)NCC1CN2CCCC2CO1. The lowest BCUT2D eigenvalue weighted by atomic mass is 10.1. The normalized spacial score (nSPS) is 25.4. The van der Waals surface area contributed by atoms with E-state index < -0.39 is 0 Å². The van der Waals surface area contributed by atoms with Gasteiger partial charge >= 0.3 is 0 Å². The maximum Gasteiger partial charge on any atom is 0.253 e. The highest BCUT2D eigenvalue weighted by atomic mass is 16.5. The standard InChI is InChI=1S/C15H22N4O2/c1-16-14-8-17-5-4-13(14)15(20)18-7-12-9-19-6-2-3-11(19)10-21-12/h4-5,8,11-12,16H,2-3,6-7,9-10H2,1H3,(H,18,20). The van der Waals surface area contributed by atoms with Crippen LogP contribution in [0.25, 0.3) is 0 Å². The van der Waals surface area contributed by atoms with Crippen LogP contribution in [0, 0.1) is 0 Å². The fourth-order valence-corrected chi connectivity index (χ4v) is 3.10. The first-order valence-electron chi connectivity index (χ1n) is 7.53. The van der Waals surface area contributed by atoms with E-state index >= 15 is 0 Å². The van der Waals surface area contributed by atoms with Crippen molar-refractivity contribution < 1.29 is 9.53 Å². The number of hydrogen-bond donors (Lipinski definition) is 2. The Hall–Kier alpha value is -1.66. The van der Waals surface area contributed by atoms with Crippen LogP contribution in [0.5, 0.6) is 0 Å². The Bertz CT molecular complexity index is 508. The van der Waals surface area contributed by atoms with Gasteiger partial charge in [-0.1, -0.05) is 0 Å². The molecule has 2 aliphatic rings. The number of morpholine rings is 1. The quantitative estimate of drug-likeness (QED) is 0.855. The van der Waals surface area contributed by atoms with Gasteiger partial charge in [-0.05, 0) is 25.5 Å². The van der Waals surface area contributed by atoms with Crippen molar-refractivity contribution in [2.45, 2.75) is 25.0 Å². The van der Waals surface area contributed by atoms with E-state index in [2.05, 4.69) is 20.5 Å². The molecule has 6 nitrogen and oxygen atoms in total. The van der Waals surface area contributed by atoms with Crippen LogP contribution in [0.3, 0.4) is 0 Å². The molecule has 3 rings (SSSR count). The Kier molecular flexibility index (Phi) is 4.36. The van der Waals surface area contributed by atoms with Crippen molar-refractivity contribution in [1.29, 1.82) is 0 Å². The van der Waals surface area contributed by atoms with Gasteiger partial charge in [-0.2, -0.15) is 0 Å². The van der Waals surface area contributed by atoms with Gasteiger partial charge in [0, 0.05) is 32.4 Å². The average Bonchev–Trinajstić information content (AvgIpc) is 3.00. The van der Waals surface area contributed by atoms with E-state index in [0.717, 1.165) is 25.4 Å². The lowest BCUT2D eigenvalue weighted by Gasteiger charge is -2.35. The molecule has 0 spiro atoms. The van der Waals surface area contributed by atoms with Crippen molar-refractivity contribution in [3.05, 3.63) is 24.0 Å². The fourth-order valence-electron chi connectivity index (χ4n) is 3.10. The molecule has 3 heterocycles. The Balaban J connectivity index is 1.54. The van der Waals surface area contributed by atoms with Crippen LogP contribution in [0.2, 0.25) is 0 Å². The monoisotopic (exact) mass is 290 g/mol. The molecule has 2 saturated heterocycles. The lowest BCUT2D eigenvalue weighted by Crippen LogP contribution is -2.50. The van der Waals surface area contributed by atoms with Crippen LogP contribution < -0.4 is 10.6 Å². The molecule has 2 aliphatic heterocycles. The van der Waals surface area contributed by atoms with Crippen molar-refractivity contribution in [1.82, 2.24) is 15.2 Å². The maximum atomic E-state index is 12.2. The van der Waals surface area contributed by atoms with Crippen molar-refractivity contribution in [2.24, 2.45) is 0 Å². The number of pyridine rings is 1. The third-order valence-electron chi connectivity index (χ3n) is 4.29. The first-order chi connectivity index (χ1) is 10.3. The lowest BCUT2D eigenvalue weighted by molar-refractivity contribution is -0.0461. The number of amides is 1. The summed E-state index contributed by atoms with van der Waals surface area (Å²) in [5.41, 5.74) is 1.35. The number of ether oxygens (including phenoxy) is 1. The molecule has 6 heteroatoms. The zero-order valence-electron chi connectivity index (χ0n) is 12.3. The number of nitrogens with one attached hydrogen (secondary N) is 2. The molecule has 0 radical (unpaired) electrons. The van der Waals surface area contributed by atoms with E-state index in [-0.39, 0.29) is 12.0 Å². The van der Waals surface area contributed by atoms with E-state index in [1.54, 1.807) is 25.5 Å². The molecular weight excluding hydrogens is 268 g/mol. The van der Waals surface area contributed by atoms with Gasteiger partial charge in [0.1, 0.15) is 0 Å². The molecule has 0 bridgehead atoms. The Labute approximate surface area is 124 Å². The molecule has 2 N–H and O–H groups in total. The van der Waals surface area contributed by atoms with Gasteiger partial charge in [-0.15, -0.1) is 0 Å². The second kappa shape index (κ2) is 6.41. The summed E-state index contributed by atoms with van der Waals surface area (Å²) in [6.45, 7) is 3.41. The van der Waals surface area contributed by atoms with Crippen molar-refractivity contribution in [3.63, 3.8) is 0 Å². The third kappa shape index (κ3) is 3.16. The summed E-state index contributed by atoms with van der Waals surface area (Å²) in [6, 6.07) is 2.31. The molecule has 2 fully saturated rings. The van der Waals surface area contributed by atoms with Gasteiger partial charge in [0.15, 0.2) is 0 Å². The van der Waals surface area contributed by atoms with Gasteiger partial charge in [-0.25, -0.2) is 0 Å². The van der Waals surface area contributed by atoms with Gasteiger partial charge < -0.3 is 15.4 Å². The molecule has 1 aromatic rings. The summed E-state index contributed by atoms with van der Waals surface area (Å²) in [6.07, 6.45) is 5.86. The van der Waals surface area contributed by atoms with E-state index in [0.29, 0.717) is 18.2 Å². The van der Waals surface area contributed by atoms with Gasteiger partial charge in [-0.3, -0.25) is 14.7 Å². The number of anilines is 1. The number of fused-ring (bicyclic) bond motifs is 1. The van der Waals surface area contributed by atoms with Gasteiger partial charge in [0.25, 0.3) is 5.91 Å². The largest absolute Gasteiger partial charge is 0.386 e. The minimum Gasteiger partial charge on any atom is -0.386 e. The molecule has 21 heavy (non-hydrogen) atoms. The van der Waals surface area contributed by atoms with Crippen LogP contribution in [0.15, 0.2) is 18.5 Å². The number of carbonyl (C=O) groups excluding carboxylic acids is 1. The second-order valence-electron chi connectivity index (χ2n) is 5.63. The molecule has 0 aromatic carbocycles. The highest BCUT2D eigenvalue weighted by Gasteiger charge is 2.32. The van der Waals surface area contributed by atoms with Crippen molar-refractivity contribution in [3.8, 4) is 0 Å². The molecule has 114 valence electrons. The van der Waals surface area contributed by atoms with E-state index in [1.165, 1.54) is 12.8 Å². The molecule has 1 aromatic heterocycles. The van der Waals surface area contributed by atoms with E-state index in [9.17, 15) is 4.79 Å². The summed E-state index contributed by atoms with van der Waals surface area (Å²) in [5, 5.41) is 5.95. The molecule has 1 amide bonds. The average molecular weight is 290 g/mol. The summed E-state index contributed by atoms with van der Waals surface area (Å²) in [5.74, 6) is -0.0890. The highest BCUT2D eigenvalue weighted by molar-refractivity contribution is 5.99. The summed E-state index contributed by atoms with van der Waals surface area (Å²) in [4.78, 5) is 18.7. The predicted octanol–water partition coefficient (Wildman–Crippen LogP) is 0.716. The number of carbonyl (C=O) groups is 1. The first-order valence-corrected chi connectivity index (χ1v) is 7.53. The van der Waals surface area contributed by atoms with Crippen LogP contribution in [0.4, 0.5) is 5.69 Å². The van der Waals surface area contributed by atoms with Crippen LogP contribution in [-0.2, 0) is 4.74 Å². The zero-order chi connectivity index (χ0) is 14.7. The maximum absolute atomic E-state index is 12.2. The van der Waals surface area contributed by atoms with Crippen LogP contribution in [0.1, 0.15) is 23.2 Å². The molecule has 0 saturated carbocycles. The van der Waals surface area contributed by atoms with Crippen LogP contribution >= 0.6 is 0 Å². The summed E-state index contributed by atoms with van der Waals surface area (Å²) in [7, 11) is 1.78. The molecule has 2 unspecified atom stereocenters. The Morgan fingerprint density at radius 1 is 1.57 bits per heavy atom. The van der Waals surface area contributed by atoms with Gasteiger partial charge in [0.05, 0.1) is 30.2 Å². The first kappa shape index (κ1) is 14.3. The zero-order valence-corrected chi connectivity index (χ0v) is 12.3. The number of hydrogen-bond acceptors (Lipinski definition) is 5. The Morgan fingerprint density at radius 2 is 2.48 bits per heavy atom. The van der Waals surface area contributed by atoms with Crippen molar-refractivity contribution in [2.75, 3.05) is 38.6 Å². The van der Waals surface area contributed by atoms with E-state index in [1.807, 2.05) is 0 Å². The minimum atomic E-state index is -0.0890. The van der Waals surface area contributed by atoms with Crippen molar-refractivity contribution >= 4 is 11.6 Å². The topological polar surface area (TPSA) is 66.5 Å². The predicted molar refractivity (Wildman–Crippen MR) is 80.5 cm³/mol. The number of aromatic nitrogens is 1. The second-order valence-corrected chi connectivity index (χ2v) is 5.63. The van der Waals surface area contributed by atoms with Gasteiger partial charge in [0.2, 0.25) is 0 Å². The number of nitrogens with zero attached hydrogens (tertiary/aromatic N) is 2. The molecular formula is C15H22N4O2. The minimum absolute atomic E-state index is 0.0863. The summed E-state index contributed by atoms with van der Waals surface area (Å²) >= 11 is 0. The highest BCUT2D eigenvalue weighted by Crippen LogP contribution is 2.22.